The van der Waals surface area contributed by atoms with E-state index in [0.29, 0.717) is 19.3 Å². The number of carbonyl (C=O) groups is 3. The monoisotopic (exact) mass is 981 g/mol. The molecule has 6 heteroatoms. The van der Waals surface area contributed by atoms with Gasteiger partial charge in [-0.1, -0.05) is 249 Å². The molecular formula is C64H116O6. The van der Waals surface area contributed by atoms with Crippen LogP contribution in [0.3, 0.4) is 0 Å². The predicted octanol–water partition coefficient (Wildman–Crippen LogP) is 20.6. The SMILES string of the molecule is CCCCC/C=C\C/C=C\CCCCCCCCCC(=O)O[C@H](COC(=O)CCCCCCC/C=C\CCCCCCCCC)COC(=O)CCCCCCCCC/C=C\CCCCCCCCCC. The lowest BCUT2D eigenvalue weighted by atomic mass is 10.1. The second kappa shape index (κ2) is 58.9. The Labute approximate surface area is 435 Å². The fourth-order valence-electron chi connectivity index (χ4n) is 8.88. The highest BCUT2D eigenvalue weighted by Crippen LogP contribution is 2.16. The van der Waals surface area contributed by atoms with Gasteiger partial charge in [0.25, 0.3) is 0 Å². The fourth-order valence-corrected chi connectivity index (χ4v) is 8.88. The lowest BCUT2D eigenvalue weighted by molar-refractivity contribution is -0.167. The summed E-state index contributed by atoms with van der Waals surface area (Å²) in [7, 11) is 0. The Morgan fingerprint density at radius 2 is 0.514 bits per heavy atom. The van der Waals surface area contributed by atoms with E-state index in [4.69, 9.17) is 14.2 Å². The van der Waals surface area contributed by atoms with Gasteiger partial charge in [-0.25, -0.2) is 0 Å². The number of esters is 3. The van der Waals surface area contributed by atoms with E-state index < -0.39 is 6.10 Å². The number of rotatable bonds is 56. The lowest BCUT2D eigenvalue weighted by Gasteiger charge is -2.18. The third kappa shape index (κ3) is 56.3. The van der Waals surface area contributed by atoms with Gasteiger partial charge in [0, 0.05) is 19.3 Å². The van der Waals surface area contributed by atoms with E-state index in [1.807, 2.05) is 0 Å². The van der Waals surface area contributed by atoms with Gasteiger partial charge in [0.1, 0.15) is 13.2 Å². The van der Waals surface area contributed by atoms with Crippen molar-refractivity contribution >= 4 is 17.9 Å². The van der Waals surface area contributed by atoms with Crippen LogP contribution in [0.2, 0.25) is 0 Å². The lowest BCUT2D eigenvalue weighted by Crippen LogP contribution is -2.30. The zero-order valence-electron chi connectivity index (χ0n) is 46.8. The minimum absolute atomic E-state index is 0.0795. The van der Waals surface area contributed by atoms with Gasteiger partial charge in [0.05, 0.1) is 0 Å². The second-order valence-corrected chi connectivity index (χ2v) is 20.6. The Morgan fingerprint density at radius 3 is 0.829 bits per heavy atom. The first-order chi connectivity index (χ1) is 34.5. The summed E-state index contributed by atoms with van der Waals surface area (Å²) in [4.78, 5) is 38.2. The number of allylic oxidation sites excluding steroid dienone is 8. The average Bonchev–Trinajstić information content (AvgIpc) is 3.36. The molecule has 0 saturated heterocycles. The fraction of sp³-hybridized carbons (Fsp3) is 0.828. The topological polar surface area (TPSA) is 78.9 Å². The Hall–Kier alpha value is -2.63. The number of ether oxygens (including phenoxy) is 3. The molecule has 70 heavy (non-hydrogen) atoms. The van der Waals surface area contributed by atoms with Crippen molar-refractivity contribution in [1.82, 2.24) is 0 Å². The minimum Gasteiger partial charge on any atom is -0.462 e. The molecule has 1 atom stereocenters. The van der Waals surface area contributed by atoms with E-state index in [9.17, 15) is 14.4 Å². The molecule has 0 aliphatic rings. The van der Waals surface area contributed by atoms with Crippen LogP contribution in [-0.4, -0.2) is 37.2 Å². The first-order valence-corrected chi connectivity index (χ1v) is 30.6. The molecule has 0 radical (unpaired) electrons. The number of unbranched alkanes of at least 4 members (excludes halogenated alkanes) is 37. The molecule has 0 heterocycles. The summed E-state index contributed by atoms with van der Waals surface area (Å²) >= 11 is 0. The van der Waals surface area contributed by atoms with Crippen LogP contribution < -0.4 is 0 Å². The van der Waals surface area contributed by atoms with Gasteiger partial charge in [-0.05, 0) is 103 Å². The summed E-state index contributed by atoms with van der Waals surface area (Å²) in [5, 5.41) is 0. The summed E-state index contributed by atoms with van der Waals surface area (Å²) in [6.07, 6.45) is 72.4. The molecule has 0 unspecified atom stereocenters. The smallest absolute Gasteiger partial charge is 0.306 e. The van der Waals surface area contributed by atoms with Crippen molar-refractivity contribution in [3.05, 3.63) is 48.6 Å². The Balaban J connectivity index is 4.38. The molecule has 0 spiro atoms. The van der Waals surface area contributed by atoms with Gasteiger partial charge in [-0.3, -0.25) is 14.4 Å². The summed E-state index contributed by atoms with van der Waals surface area (Å²) in [5.41, 5.74) is 0. The van der Waals surface area contributed by atoms with Crippen LogP contribution >= 0.6 is 0 Å². The number of hydrogen-bond acceptors (Lipinski definition) is 6. The molecule has 0 aromatic rings. The van der Waals surface area contributed by atoms with E-state index in [1.54, 1.807) is 0 Å². The van der Waals surface area contributed by atoms with Crippen LogP contribution in [-0.2, 0) is 28.6 Å². The summed E-state index contributed by atoms with van der Waals surface area (Å²) in [5.74, 6) is -0.883. The van der Waals surface area contributed by atoms with Gasteiger partial charge < -0.3 is 14.2 Å². The molecule has 0 aromatic carbocycles. The average molecular weight is 982 g/mol. The van der Waals surface area contributed by atoms with Crippen LogP contribution in [0.5, 0.6) is 0 Å². The van der Waals surface area contributed by atoms with Crippen LogP contribution in [0.25, 0.3) is 0 Å². The van der Waals surface area contributed by atoms with E-state index >= 15 is 0 Å². The molecule has 0 aromatic heterocycles. The molecule has 0 aliphatic carbocycles. The first-order valence-electron chi connectivity index (χ1n) is 30.6. The largest absolute Gasteiger partial charge is 0.462 e. The number of carbonyl (C=O) groups excluding carboxylic acids is 3. The maximum absolute atomic E-state index is 12.9. The zero-order valence-corrected chi connectivity index (χ0v) is 46.8. The maximum Gasteiger partial charge on any atom is 0.306 e. The third-order valence-corrected chi connectivity index (χ3v) is 13.5. The molecule has 0 fully saturated rings. The standard InChI is InChI=1S/C64H116O6/c1-4-7-10-13-16-19-22-25-28-31-32-34-36-39-42-45-48-51-54-57-63(66)69-60-61(59-68-62(65)56-53-50-47-44-41-38-35-30-27-24-21-18-15-12-9-6-3)70-64(67)58-55-52-49-46-43-40-37-33-29-26-23-20-17-14-11-8-5-2/h17,20,26,29-32,35,61H,4-16,18-19,21-25,27-28,33-34,36-60H2,1-3H3/b20-17-,29-26-,32-31-,35-30-/t61-/m1/s1. The van der Waals surface area contributed by atoms with Crippen molar-refractivity contribution in [3.63, 3.8) is 0 Å². The van der Waals surface area contributed by atoms with E-state index in [0.717, 1.165) is 77.0 Å². The normalized spacial score (nSPS) is 12.3. The first kappa shape index (κ1) is 67.4. The van der Waals surface area contributed by atoms with Gasteiger partial charge in [-0.15, -0.1) is 0 Å². The van der Waals surface area contributed by atoms with Crippen LogP contribution in [0.1, 0.15) is 323 Å². The van der Waals surface area contributed by atoms with Crippen LogP contribution in [0.4, 0.5) is 0 Å². The highest BCUT2D eigenvalue weighted by Gasteiger charge is 2.19. The molecule has 0 aliphatic heterocycles. The quantitative estimate of drug-likeness (QED) is 0.0261. The van der Waals surface area contributed by atoms with Crippen LogP contribution in [0.15, 0.2) is 48.6 Å². The van der Waals surface area contributed by atoms with Crippen molar-refractivity contribution in [2.24, 2.45) is 0 Å². The minimum atomic E-state index is -0.782. The molecule has 0 rings (SSSR count). The van der Waals surface area contributed by atoms with E-state index in [2.05, 4.69) is 69.4 Å². The highest BCUT2D eigenvalue weighted by atomic mass is 16.6. The molecule has 6 nitrogen and oxygen atoms in total. The Kier molecular flexibility index (Phi) is 56.7. The van der Waals surface area contributed by atoms with Gasteiger partial charge in [0.15, 0.2) is 6.10 Å². The zero-order chi connectivity index (χ0) is 50.7. The number of hydrogen-bond donors (Lipinski definition) is 0. The maximum atomic E-state index is 12.9. The van der Waals surface area contributed by atoms with Crippen molar-refractivity contribution < 1.29 is 28.6 Å². The third-order valence-electron chi connectivity index (χ3n) is 13.5. The van der Waals surface area contributed by atoms with Crippen LogP contribution in [0, 0.1) is 0 Å². The van der Waals surface area contributed by atoms with E-state index in [1.165, 1.54) is 205 Å². The predicted molar refractivity (Wildman–Crippen MR) is 302 cm³/mol. The highest BCUT2D eigenvalue weighted by molar-refractivity contribution is 5.71. The Bertz CT molecular complexity index is 1220. The molecular weight excluding hydrogens is 865 g/mol. The van der Waals surface area contributed by atoms with Crippen molar-refractivity contribution in [2.45, 2.75) is 329 Å². The summed E-state index contributed by atoms with van der Waals surface area (Å²) in [6.45, 7) is 6.64. The van der Waals surface area contributed by atoms with Gasteiger partial charge in [-0.2, -0.15) is 0 Å². The molecule has 0 amide bonds. The van der Waals surface area contributed by atoms with E-state index in [-0.39, 0.29) is 31.1 Å². The summed E-state index contributed by atoms with van der Waals surface area (Å²) < 4.78 is 16.9. The molecule has 408 valence electrons. The van der Waals surface area contributed by atoms with Crippen molar-refractivity contribution in [1.29, 1.82) is 0 Å². The van der Waals surface area contributed by atoms with Gasteiger partial charge in [0.2, 0.25) is 0 Å². The molecule has 0 N–H and O–H groups in total. The second-order valence-electron chi connectivity index (χ2n) is 20.6. The van der Waals surface area contributed by atoms with Gasteiger partial charge >= 0.3 is 17.9 Å². The summed E-state index contributed by atoms with van der Waals surface area (Å²) in [6, 6.07) is 0. The Morgan fingerprint density at radius 1 is 0.286 bits per heavy atom. The molecule has 0 bridgehead atoms. The van der Waals surface area contributed by atoms with Crippen molar-refractivity contribution in [2.75, 3.05) is 13.2 Å². The molecule has 0 saturated carbocycles. The van der Waals surface area contributed by atoms with Crippen molar-refractivity contribution in [3.8, 4) is 0 Å².